The van der Waals surface area contributed by atoms with E-state index < -0.39 is 0 Å². The highest BCUT2D eigenvalue weighted by Gasteiger charge is 2.19. The molecule has 0 unspecified atom stereocenters. The number of nitrogens with one attached hydrogen (secondary N) is 1. The van der Waals surface area contributed by atoms with Crippen molar-refractivity contribution >= 4 is 5.82 Å². The molecule has 0 aliphatic carbocycles. The Morgan fingerprint density at radius 3 is 2.31 bits per heavy atom. The summed E-state index contributed by atoms with van der Waals surface area (Å²) < 4.78 is 15.9. The van der Waals surface area contributed by atoms with Gasteiger partial charge in [0, 0.05) is 12.7 Å². The van der Waals surface area contributed by atoms with Gasteiger partial charge in [-0.1, -0.05) is 26.7 Å². The average molecular weight is 361 g/mol. The Bertz CT molecular complexity index is 724. The molecule has 0 amide bonds. The van der Waals surface area contributed by atoms with Crippen LogP contribution in [-0.4, -0.2) is 47.8 Å². The summed E-state index contributed by atoms with van der Waals surface area (Å²) in [7, 11) is 4.64. The molecule has 8 nitrogen and oxygen atoms in total. The van der Waals surface area contributed by atoms with Gasteiger partial charge in [-0.15, -0.1) is 0 Å². The zero-order valence-electron chi connectivity index (χ0n) is 16.1. The van der Waals surface area contributed by atoms with Crippen molar-refractivity contribution in [2.45, 2.75) is 39.5 Å². The van der Waals surface area contributed by atoms with Gasteiger partial charge in [0.15, 0.2) is 5.82 Å². The largest absolute Gasteiger partial charge is 0.480 e. The number of rotatable bonds is 10. The van der Waals surface area contributed by atoms with E-state index in [1.165, 1.54) is 20.0 Å². The van der Waals surface area contributed by atoms with Crippen LogP contribution in [0.3, 0.4) is 0 Å². The standard InChI is InChI=1S/C18H27N5O3/c1-6-8-9-10-19-15-17(25-4)22-14(13(7-2)21-15)12-11-20-18(26-5)23-16(12)24-3/h11H,6-10H2,1-5H3,(H,19,21). The van der Waals surface area contributed by atoms with E-state index in [1.54, 1.807) is 20.4 Å². The van der Waals surface area contributed by atoms with Gasteiger partial charge in [-0.2, -0.15) is 4.98 Å². The van der Waals surface area contributed by atoms with Crippen LogP contribution in [0, 0.1) is 0 Å². The third-order valence-electron chi connectivity index (χ3n) is 3.90. The number of unbranched alkanes of at least 4 members (excludes halogenated alkanes) is 2. The van der Waals surface area contributed by atoms with Gasteiger partial charge in [0.1, 0.15) is 5.69 Å². The quantitative estimate of drug-likeness (QED) is 0.645. The Morgan fingerprint density at radius 2 is 1.69 bits per heavy atom. The fraction of sp³-hybridized carbons (Fsp3) is 0.556. The first-order valence-corrected chi connectivity index (χ1v) is 8.82. The minimum Gasteiger partial charge on any atom is -0.480 e. The van der Waals surface area contributed by atoms with Crippen LogP contribution in [0.2, 0.25) is 0 Å². The molecule has 1 N–H and O–H groups in total. The number of aromatic nitrogens is 4. The average Bonchev–Trinajstić information content (AvgIpc) is 2.70. The van der Waals surface area contributed by atoms with Gasteiger partial charge >= 0.3 is 6.01 Å². The Labute approximate surface area is 154 Å². The summed E-state index contributed by atoms with van der Waals surface area (Å²) in [4.78, 5) is 17.8. The first-order chi connectivity index (χ1) is 12.7. The molecule has 2 heterocycles. The maximum atomic E-state index is 5.44. The first kappa shape index (κ1) is 19.7. The van der Waals surface area contributed by atoms with Gasteiger partial charge in [0.25, 0.3) is 5.88 Å². The van der Waals surface area contributed by atoms with Crippen molar-refractivity contribution < 1.29 is 14.2 Å². The molecule has 8 heteroatoms. The number of anilines is 1. The molecule has 0 aliphatic heterocycles. The fourth-order valence-corrected chi connectivity index (χ4v) is 2.52. The van der Waals surface area contributed by atoms with E-state index in [4.69, 9.17) is 19.2 Å². The van der Waals surface area contributed by atoms with Crippen LogP contribution in [0.4, 0.5) is 5.82 Å². The molecule has 0 fully saturated rings. The molecular weight excluding hydrogens is 334 g/mol. The van der Waals surface area contributed by atoms with Crippen molar-refractivity contribution in [1.82, 2.24) is 19.9 Å². The smallest absolute Gasteiger partial charge is 0.319 e. The minimum atomic E-state index is 0.234. The molecular formula is C18H27N5O3. The van der Waals surface area contributed by atoms with E-state index >= 15 is 0 Å². The molecule has 0 spiro atoms. The minimum absolute atomic E-state index is 0.234. The van der Waals surface area contributed by atoms with Crippen LogP contribution in [0.15, 0.2) is 6.20 Å². The molecule has 2 aromatic rings. The zero-order valence-corrected chi connectivity index (χ0v) is 16.1. The van der Waals surface area contributed by atoms with Crippen LogP contribution in [0.1, 0.15) is 38.8 Å². The molecule has 0 saturated carbocycles. The molecule has 0 aliphatic rings. The van der Waals surface area contributed by atoms with Crippen molar-refractivity contribution in [3.63, 3.8) is 0 Å². The van der Waals surface area contributed by atoms with E-state index in [1.807, 2.05) is 6.92 Å². The molecule has 0 radical (unpaired) electrons. The maximum absolute atomic E-state index is 5.44. The molecule has 26 heavy (non-hydrogen) atoms. The summed E-state index contributed by atoms with van der Waals surface area (Å²) >= 11 is 0. The van der Waals surface area contributed by atoms with Gasteiger partial charge < -0.3 is 19.5 Å². The number of methoxy groups -OCH3 is 3. The molecule has 2 aromatic heterocycles. The van der Waals surface area contributed by atoms with Crippen molar-refractivity contribution in [2.75, 3.05) is 33.2 Å². The lowest BCUT2D eigenvalue weighted by Crippen LogP contribution is -2.10. The Kier molecular flexibility index (Phi) is 7.37. The number of nitrogens with zero attached hydrogens (tertiary/aromatic N) is 4. The van der Waals surface area contributed by atoms with E-state index in [9.17, 15) is 0 Å². The summed E-state index contributed by atoms with van der Waals surface area (Å²) in [5.41, 5.74) is 2.10. The van der Waals surface area contributed by atoms with Crippen molar-refractivity contribution in [3.8, 4) is 29.0 Å². The summed E-state index contributed by atoms with van der Waals surface area (Å²) in [5, 5.41) is 3.32. The van der Waals surface area contributed by atoms with Crippen molar-refractivity contribution in [3.05, 3.63) is 11.9 Å². The van der Waals surface area contributed by atoms with Gasteiger partial charge in [-0.25, -0.2) is 15.0 Å². The highest BCUT2D eigenvalue weighted by Crippen LogP contribution is 2.33. The third kappa shape index (κ3) is 4.50. The highest BCUT2D eigenvalue weighted by atomic mass is 16.5. The third-order valence-corrected chi connectivity index (χ3v) is 3.90. The Hall–Kier alpha value is -2.64. The van der Waals surface area contributed by atoms with Crippen molar-refractivity contribution in [2.24, 2.45) is 0 Å². The Balaban J connectivity index is 2.43. The topological polar surface area (TPSA) is 91.3 Å². The molecule has 0 atom stereocenters. The second kappa shape index (κ2) is 9.74. The van der Waals surface area contributed by atoms with Crippen LogP contribution in [0.5, 0.6) is 17.8 Å². The predicted octanol–water partition coefficient (Wildman–Crippen LogP) is 3.12. The van der Waals surface area contributed by atoms with E-state index in [0.717, 1.165) is 18.7 Å². The summed E-state index contributed by atoms with van der Waals surface area (Å²) in [5.74, 6) is 1.47. The van der Waals surface area contributed by atoms with Crippen LogP contribution in [0.25, 0.3) is 11.3 Å². The molecule has 0 bridgehead atoms. The number of hydrogen-bond acceptors (Lipinski definition) is 8. The molecule has 0 saturated heterocycles. The number of aryl methyl sites for hydroxylation is 1. The normalized spacial score (nSPS) is 10.5. The summed E-state index contributed by atoms with van der Waals surface area (Å²) in [6.45, 7) is 5.03. The molecule has 2 rings (SSSR count). The van der Waals surface area contributed by atoms with Crippen LogP contribution < -0.4 is 19.5 Å². The van der Waals surface area contributed by atoms with Gasteiger partial charge in [0.2, 0.25) is 5.88 Å². The Morgan fingerprint density at radius 1 is 0.923 bits per heavy atom. The van der Waals surface area contributed by atoms with E-state index in [-0.39, 0.29) is 6.01 Å². The van der Waals surface area contributed by atoms with Crippen molar-refractivity contribution in [1.29, 1.82) is 0 Å². The van der Waals surface area contributed by atoms with E-state index in [0.29, 0.717) is 35.3 Å². The highest BCUT2D eigenvalue weighted by molar-refractivity contribution is 5.68. The predicted molar refractivity (Wildman–Crippen MR) is 100 cm³/mol. The maximum Gasteiger partial charge on any atom is 0.319 e. The van der Waals surface area contributed by atoms with Crippen LogP contribution >= 0.6 is 0 Å². The number of hydrogen-bond donors (Lipinski definition) is 1. The second-order valence-corrected chi connectivity index (χ2v) is 5.64. The lowest BCUT2D eigenvalue weighted by Gasteiger charge is -2.15. The van der Waals surface area contributed by atoms with Gasteiger partial charge in [-0.3, -0.25) is 0 Å². The second-order valence-electron chi connectivity index (χ2n) is 5.64. The van der Waals surface area contributed by atoms with Crippen LogP contribution in [-0.2, 0) is 6.42 Å². The fourth-order valence-electron chi connectivity index (χ4n) is 2.52. The SMILES string of the molecule is CCCCCNc1nc(CC)c(-c2cnc(OC)nc2OC)nc1OC. The van der Waals surface area contributed by atoms with E-state index in [2.05, 4.69) is 27.2 Å². The molecule has 0 aromatic carbocycles. The monoisotopic (exact) mass is 361 g/mol. The first-order valence-electron chi connectivity index (χ1n) is 8.82. The summed E-state index contributed by atoms with van der Waals surface area (Å²) in [6.07, 6.45) is 5.74. The lowest BCUT2D eigenvalue weighted by molar-refractivity contribution is 0.353. The van der Waals surface area contributed by atoms with Gasteiger partial charge in [-0.05, 0) is 12.8 Å². The van der Waals surface area contributed by atoms with Gasteiger partial charge in [0.05, 0.1) is 32.6 Å². The molecule has 142 valence electrons. The zero-order chi connectivity index (χ0) is 18.9. The lowest BCUT2D eigenvalue weighted by atomic mass is 10.1. The number of ether oxygens (including phenoxy) is 3. The summed E-state index contributed by atoms with van der Waals surface area (Å²) in [6, 6.07) is 0.234.